The summed E-state index contributed by atoms with van der Waals surface area (Å²) in [7, 11) is 1.97. The van der Waals surface area contributed by atoms with Crippen molar-refractivity contribution in [3.63, 3.8) is 0 Å². The van der Waals surface area contributed by atoms with Gasteiger partial charge in [0.15, 0.2) is 0 Å². The lowest BCUT2D eigenvalue weighted by molar-refractivity contribution is -0.0885. The van der Waals surface area contributed by atoms with Gasteiger partial charge in [-0.15, -0.1) is 0 Å². The molecule has 1 unspecified atom stereocenters. The van der Waals surface area contributed by atoms with Crippen LogP contribution < -0.4 is 10.2 Å². The van der Waals surface area contributed by atoms with Crippen molar-refractivity contribution in [1.29, 1.82) is 0 Å². The van der Waals surface area contributed by atoms with Crippen molar-refractivity contribution in [3.05, 3.63) is 76.9 Å². The molecule has 2 aromatic rings. The topological polar surface area (TPSA) is 53.4 Å². The Labute approximate surface area is 210 Å². The molecule has 0 saturated heterocycles. The molecular weight excluding hydrogens is 470 g/mol. The molecule has 0 fully saturated rings. The molecule has 1 aliphatic heterocycles. The molecule has 9 heteroatoms. The van der Waals surface area contributed by atoms with Gasteiger partial charge in [0, 0.05) is 38.4 Å². The second-order valence-electron chi connectivity index (χ2n) is 9.48. The Balaban J connectivity index is 1.68. The first kappa shape index (κ1) is 27.4. The Kier molecular flexibility index (Phi) is 9.23. The fraction of sp³-hybridized carbons (Fsp3) is 0.444. The summed E-state index contributed by atoms with van der Waals surface area (Å²) in [6.07, 6.45) is 5.07. The van der Waals surface area contributed by atoms with Crippen molar-refractivity contribution >= 4 is 11.8 Å². The number of nitrogens with one attached hydrogen (secondary N) is 1. The van der Waals surface area contributed by atoms with Gasteiger partial charge >= 0.3 is 6.18 Å². The van der Waals surface area contributed by atoms with E-state index in [0.717, 1.165) is 42.7 Å². The van der Waals surface area contributed by atoms with Gasteiger partial charge in [-0.1, -0.05) is 38.1 Å². The highest BCUT2D eigenvalue weighted by atomic mass is 19.4. The van der Waals surface area contributed by atoms with Crippen LogP contribution in [0.25, 0.3) is 0 Å². The summed E-state index contributed by atoms with van der Waals surface area (Å²) in [5, 5.41) is 2.89. The number of aromatic nitrogens is 2. The average molecular weight is 504 g/mol. The van der Waals surface area contributed by atoms with E-state index in [2.05, 4.69) is 34.1 Å². The lowest BCUT2D eigenvalue weighted by Gasteiger charge is -2.17. The molecule has 0 saturated carbocycles. The summed E-state index contributed by atoms with van der Waals surface area (Å²) in [5.41, 5.74) is 1.03. The third kappa shape index (κ3) is 7.90. The van der Waals surface area contributed by atoms with E-state index in [1.54, 1.807) is 31.5 Å². The van der Waals surface area contributed by atoms with Crippen molar-refractivity contribution in [2.45, 2.75) is 52.3 Å². The first-order valence-electron chi connectivity index (χ1n) is 12.1. The van der Waals surface area contributed by atoms with Crippen LogP contribution in [0.5, 0.6) is 0 Å². The number of aliphatic imine (C=N–C) groups is 1. The maximum atomic E-state index is 15.0. The number of benzene rings is 1. The minimum Gasteiger partial charge on any atom is -0.364 e. The quantitative estimate of drug-likeness (QED) is 0.459. The summed E-state index contributed by atoms with van der Waals surface area (Å²) < 4.78 is 54.5. The van der Waals surface area contributed by atoms with Gasteiger partial charge in [0.1, 0.15) is 11.7 Å². The van der Waals surface area contributed by atoms with Crippen LogP contribution in [0.1, 0.15) is 50.3 Å². The van der Waals surface area contributed by atoms with Crippen LogP contribution >= 0.6 is 0 Å². The summed E-state index contributed by atoms with van der Waals surface area (Å²) >= 11 is 0. The smallest absolute Gasteiger partial charge is 0.364 e. The van der Waals surface area contributed by atoms with E-state index in [4.69, 9.17) is 0 Å². The van der Waals surface area contributed by atoms with Gasteiger partial charge in [-0.25, -0.2) is 14.4 Å². The standard InChI is InChI=1S/C27H33F4N5/c1-18(2)7-6-12-36(4)26-33-16-21(17-34-26)14-20-9-10-23(24(28)15-20)25-32-11-5-8-22(27(29,30)31)13-19(3)35-25/h5,8-10,13,15-19H,6-7,11-12,14H2,1-4H3,(H,32,35)/b8-5-,22-13+. The maximum Gasteiger partial charge on any atom is 0.416 e. The molecule has 36 heavy (non-hydrogen) atoms. The minimum absolute atomic E-state index is 0.000725. The highest BCUT2D eigenvalue weighted by Crippen LogP contribution is 2.27. The number of allylic oxidation sites excluding steroid dienone is 2. The molecular formula is C27H33F4N5. The van der Waals surface area contributed by atoms with Crippen LogP contribution in [0.15, 0.2) is 59.4 Å². The monoisotopic (exact) mass is 503 g/mol. The summed E-state index contributed by atoms with van der Waals surface area (Å²) in [5.74, 6) is 1.02. The first-order chi connectivity index (χ1) is 17.0. The SMILES string of the molecule is CC(C)CCCN(C)c1ncc(Cc2ccc(C3=NC/C=C\C(C(F)(F)F)=C/C(C)N3)c(F)c2)cn1. The Hall–Kier alpha value is -3.23. The first-order valence-corrected chi connectivity index (χ1v) is 12.1. The third-order valence-electron chi connectivity index (χ3n) is 5.78. The summed E-state index contributed by atoms with van der Waals surface area (Å²) in [6, 6.07) is 4.09. The molecule has 2 heterocycles. The van der Waals surface area contributed by atoms with Crippen LogP contribution in [-0.2, 0) is 6.42 Å². The van der Waals surface area contributed by atoms with Gasteiger partial charge in [0.2, 0.25) is 5.95 Å². The predicted molar refractivity (Wildman–Crippen MR) is 136 cm³/mol. The molecule has 1 aromatic carbocycles. The molecule has 0 amide bonds. The molecule has 194 valence electrons. The number of halogens is 4. The number of rotatable bonds is 8. The van der Waals surface area contributed by atoms with Crippen molar-refractivity contribution in [2.75, 3.05) is 25.0 Å². The zero-order valence-corrected chi connectivity index (χ0v) is 21.1. The number of anilines is 1. The number of nitrogens with zero attached hydrogens (tertiary/aromatic N) is 4. The van der Waals surface area contributed by atoms with E-state index < -0.39 is 23.6 Å². The Morgan fingerprint density at radius 3 is 2.50 bits per heavy atom. The molecule has 1 N–H and O–H groups in total. The summed E-state index contributed by atoms with van der Waals surface area (Å²) in [6.45, 7) is 6.85. The van der Waals surface area contributed by atoms with E-state index in [0.29, 0.717) is 18.3 Å². The van der Waals surface area contributed by atoms with Gasteiger partial charge in [-0.05, 0) is 48.9 Å². The van der Waals surface area contributed by atoms with Gasteiger partial charge in [-0.2, -0.15) is 13.2 Å². The normalized spacial score (nSPS) is 18.9. The number of hydrogen-bond donors (Lipinski definition) is 1. The molecule has 1 aliphatic rings. The van der Waals surface area contributed by atoms with E-state index >= 15 is 4.39 Å². The molecule has 5 nitrogen and oxygen atoms in total. The minimum atomic E-state index is -4.46. The zero-order chi connectivity index (χ0) is 26.3. The van der Waals surface area contributed by atoms with Gasteiger partial charge in [0.25, 0.3) is 0 Å². The molecule has 1 atom stereocenters. The second-order valence-corrected chi connectivity index (χ2v) is 9.48. The maximum absolute atomic E-state index is 15.0. The summed E-state index contributed by atoms with van der Waals surface area (Å²) in [4.78, 5) is 15.2. The van der Waals surface area contributed by atoms with Crippen LogP contribution in [-0.4, -0.2) is 48.2 Å². The molecule has 0 bridgehead atoms. The van der Waals surface area contributed by atoms with Crippen molar-refractivity contribution in [1.82, 2.24) is 15.3 Å². The van der Waals surface area contributed by atoms with Crippen molar-refractivity contribution in [2.24, 2.45) is 10.9 Å². The van der Waals surface area contributed by atoms with Crippen LogP contribution in [0.2, 0.25) is 0 Å². The van der Waals surface area contributed by atoms with Gasteiger partial charge < -0.3 is 10.2 Å². The molecule has 0 spiro atoms. The highest BCUT2D eigenvalue weighted by Gasteiger charge is 2.32. The fourth-order valence-corrected chi connectivity index (χ4v) is 3.87. The molecule has 0 aliphatic carbocycles. The Bertz CT molecular complexity index is 1100. The average Bonchev–Trinajstić information content (AvgIpc) is 2.89. The third-order valence-corrected chi connectivity index (χ3v) is 5.78. The van der Waals surface area contributed by atoms with Crippen LogP contribution in [0.3, 0.4) is 0 Å². The lowest BCUT2D eigenvalue weighted by atomic mass is 10.0. The zero-order valence-electron chi connectivity index (χ0n) is 21.1. The largest absolute Gasteiger partial charge is 0.416 e. The lowest BCUT2D eigenvalue weighted by Crippen LogP contribution is -2.33. The Morgan fingerprint density at radius 1 is 1.14 bits per heavy atom. The molecule has 3 rings (SSSR count). The Morgan fingerprint density at radius 2 is 1.86 bits per heavy atom. The molecule has 0 radical (unpaired) electrons. The van der Waals surface area contributed by atoms with Crippen LogP contribution in [0, 0.1) is 11.7 Å². The van der Waals surface area contributed by atoms with E-state index in [1.165, 1.54) is 12.1 Å². The van der Waals surface area contributed by atoms with E-state index in [-0.39, 0.29) is 17.9 Å². The van der Waals surface area contributed by atoms with Crippen molar-refractivity contribution < 1.29 is 17.6 Å². The number of hydrogen-bond acceptors (Lipinski definition) is 5. The van der Waals surface area contributed by atoms with E-state index in [1.807, 2.05) is 11.9 Å². The van der Waals surface area contributed by atoms with Crippen molar-refractivity contribution in [3.8, 4) is 0 Å². The van der Waals surface area contributed by atoms with Gasteiger partial charge in [0.05, 0.1) is 17.7 Å². The fourth-order valence-electron chi connectivity index (χ4n) is 3.87. The second kappa shape index (κ2) is 12.1. The predicted octanol–water partition coefficient (Wildman–Crippen LogP) is 5.86. The number of amidine groups is 1. The number of alkyl halides is 3. The van der Waals surface area contributed by atoms with E-state index in [9.17, 15) is 13.2 Å². The highest BCUT2D eigenvalue weighted by molar-refractivity contribution is 5.99. The van der Waals surface area contributed by atoms with Crippen LogP contribution in [0.4, 0.5) is 23.5 Å². The molecule has 1 aromatic heterocycles. The van der Waals surface area contributed by atoms with Gasteiger partial charge in [-0.3, -0.25) is 4.99 Å².